The first-order valence-corrected chi connectivity index (χ1v) is 9.25. The second kappa shape index (κ2) is 7.82. The number of carbonyl (C=O) groups is 1. The summed E-state index contributed by atoms with van der Waals surface area (Å²) in [6.45, 7) is 0. The van der Waals surface area contributed by atoms with Crippen LogP contribution in [0.3, 0.4) is 0 Å². The van der Waals surface area contributed by atoms with Gasteiger partial charge in [-0.3, -0.25) is 4.79 Å². The number of amides is 1. The second-order valence-electron chi connectivity index (χ2n) is 4.52. The number of hydrogen-bond acceptors (Lipinski definition) is 4. The zero-order chi connectivity index (χ0) is 15.2. The van der Waals surface area contributed by atoms with Gasteiger partial charge in [0.2, 0.25) is 0 Å². The van der Waals surface area contributed by atoms with Crippen molar-refractivity contribution in [3.63, 3.8) is 0 Å². The lowest BCUT2D eigenvalue weighted by Gasteiger charge is -2.10. The van der Waals surface area contributed by atoms with Crippen LogP contribution in [0.25, 0.3) is 0 Å². The fraction of sp³-hybridized carbons (Fsp3) is 0.188. The van der Waals surface area contributed by atoms with Crippen molar-refractivity contribution in [1.82, 2.24) is 4.90 Å². The van der Waals surface area contributed by atoms with Gasteiger partial charge in [0.05, 0.1) is 0 Å². The topological polar surface area (TPSA) is 20.3 Å². The van der Waals surface area contributed by atoms with E-state index >= 15 is 0 Å². The Bertz CT molecular complexity index is 628. The molecule has 0 aliphatic heterocycles. The van der Waals surface area contributed by atoms with E-state index in [0.717, 1.165) is 9.79 Å². The van der Waals surface area contributed by atoms with E-state index in [0.29, 0.717) is 0 Å². The van der Waals surface area contributed by atoms with Crippen molar-refractivity contribution in [1.29, 1.82) is 0 Å². The lowest BCUT2D eigenvalue weighted by atomic mass is 10.4. The highest BCUT2D eigenvalue weighted by Gasteiger charge is 2.07. The van der Waals surface area contributed by atoms with E-state index in [4.69, 9.17) is 0 Å². The SMILES string of the molecule is CSc1cccc(Sc2cccc(SC(=O)N(C)C)c2)c1. The maximum Gasteiger partial charge on any atom is 0.285 e. The van der Waals surface area contributed by atoms with Crippen LogP contribution in [0, 0.1) is 0 Å². The quantitative estimate of drug-likeness (QED) is 0.703. The molecule has 2 aromatic carbocycles. The zero-order valence-electron chi connectivity index (χ0n) is 12.2. The van der Waals surface area contributed by atoms with Crippen LogP contribution in [0.15, 0.2) is 68.1 Å². The molecular formula is C16H17NOS3. The molecule has 0 spiro atoms. The van der Waals surface area contributed by atoms with Gasteiger partial charge in [0, 0.05) is 33.7 Å². The van der Waals surface area contributed by atoms with Gasteiger partial charge in [-0.05, 0) is 54.4 Å². The molecule has 5 heteroatoms. The molecule has 0 aliphatic carbocycles. The van der Waals surface area contributed by atoms with Gasteiger partial charge in [0.15, 0.2) is 0 Å². The summed E-state index contributed by atoms with van der Waals surface area (Å²) in [5.41, 5.74) is 0. The molecule has 0 aromatic heterocycles. The lowest BCUT2D eigenvalue weighted by Crippen LogP contribution is -2.15. The van der Waals surface area contributed by atoms with E-state index in [-0.39, 0.29) is 5.24 Å². The first-order valence-electron chi connectivity index (χ1n) is 6.39. The molecule has 0 radical (unpaired) electrons. The first-order chi connectivity index (χ1) is 10.1. The number of hydrogen-bond donors (Lipinski definition) is 0. The molecule has 0 saturated heterocycles. The van der Waals surface area contributed by atoms with Crippen molar-refractivity contribution in [2.45, 2.75) is 19.6 Å². The molecule has 0 unspecified atom stereocenters. The summed E-state index contributed by atoms with van der Waals surface area (Å²) in [5, 5.41) is 0.0431. The molecule has 1 amide bonds. The van der Waals surface area contributed by atoms with E-state index in [9.17, 15) is 4.79 Å². The van der Waals surface area contributed by atoms with Crippen LogP contribution in [-0.2, 0) is 0 Å². The van der Waals surface area contributed by atoms with Gasteiger partial charge < -0.3 is 4.90 Å². The van der Waals surface area contributed by atoms with Crippen molar-refractivity contribution < 1.29 is 4.79 Å². The summed E-state index contributed by atoms with van der Waals surface area (Å²) < 4.78 is 0. The predicted octanol–water partition coefficient (Wildman–Crippen LogP) is 5.33. The molecule has 0 fully saturated rings. The van der Waals surface area contributed by atoms with Crippen LogP contribution in [0.2, 0.25) is 0 Å². The fourth-order valence-corrected chi connectivity index (χ4v) is 3.86. The van der Waals surface area contributed by atoms with Crippen LogP contribution in [0.1, 0.15) is 0 Å². The number of nitrogens with zero attached hydrogens (tertiary/aromatic N) is 1. The Morgan fingerprint density at radius 3 is 2.00 bits per heavy atom. The molecule has 0 saturated carbocycles. The van der Waals surface area contributed by atoms with Crippen LogP contribution < -0.4 is 0 Å². The second-order valence-corrected chi connectivity index (χ2v) is 7.57. The van der Waals surface area contributed by atoms with Crippen molar-refractivity contribution in [3.8, 4) is 0 Å². The summed E-state index contributed by atoms with van der Waals surface area (Å²) in [6, 6.07) is 16.6. The third-order valence-corrected chi connectivity index (χ3v) is 5.39. The van der Waals surface area contributed by atoms with Crippen LogP contribution >= 0.6 is 35.3 Å². The number of carbonyl (C=O) groups excluding carboxylic acids is 1. The van der Waals surface area contributed by atoms with Gasteiger partial charge in [-0.1, -0.05) is 23.9 Å². The summed E-state index contributed by atoms with van der Waals surface area (Å²) >= 11 is 4.71. The molecule has 0 bridgehead atoms. The van der Waals surface area contributed by atoms with E-state index < -0.39 is 0 Å². The highest BCUT2D eigenvalue weighted by atomic mass is 32.2. The maximum atomic E-state index is 11.7. The Morgan fingerprint density at radius 2 is 1.43 bits per heavy atom. The van der Waals surface area contributed by atoms with Crippen LogP contribution in [0.4, 0.5) is 4.79 Å². The average Bonchev–Trinajstić information content (AvgIpc) is 2.47. The largest absolute Gasteiger partial charge is 0.339 e. The molecule has 0 heterocycles. The van der Waals surface area contributed by atoms with Crippen molar-refractivity contribution in [2.75, 3.05) is 20.4 Å². The molecule has 21 heavy (non-hydrogen) atoms. The minimum atomic E-state index is 0.0431. The normalized spacial score (nSPS) is 10.4. The molecule has 2 aromatic rings. The Hall–Kier alpha value is -1.04. The van der Waals surface area contributed by atoms with Crippen LogP contribution in [0.5, 0.6) is 0 Å². The van der Waals surface area contributed by atoms with E-state index in [1.807, 2.05) is 12.1 Å². The Balaban J connectivity index is 2.12. The maximum absolute atomic E-state index is 11.7. The third-order valence-electron chi connectivity index (χ3n) is 2.65. The number of thioether (sulfide) groups is 2. The minimum Gasteiger partial charge on any atom is -0.339 e. The van der Waals surface area contributed by atoms with Gasteiger partial charge in [0.25, 0.3) is 5.24 Å². The van der Waals surface area contributed by atoms with E-state index in [1.165, 1.54) is 21.6 Å². The van der Waals surface area contributed by atoms with E-state index in [2.05, 4.69) is 42.7 Å². The molecule has 110 valence electrons. The standard InChI is InChI=1S/C16H17NOS3/c1-17(2)16(18)21-15-9-5-8-14(11-15)20-13-7-4-6-12(10-13)19-3/h4-11H,1-3H3. The molecule has 0 atom stereocenters. The average molecular weight is 336 g/mol. The third kappa shape index (κ3) is 5.02. The highest BCUT2D eigenvalue weighted by molar-refractivity contribution is 8.13. The Morgan fingerprint density at radius 1 is 0.905 bits per heavy atom. The molecule has 2 rings (SSSR count). The predicted molar refractivity (Wildman–Crippen MR) is 93.7 cm³/mol. The fourth-order valence-electron chi connectivity index (χ4n) is 1.59. The Kier molecular flexibility index (Phi) is 6.08. The monoisotopic (exact) mass is 335 g/mol. The summed E-state index contributed by atoms with van der Waals surface area (Å²) in [4.78, 5) is 17.9. The summed E-state index contributed by atoms with van der Waals surface area (Å²) in [7, 11) is 3.53. The molecule has 0 N–H and O–H groups in total. The first kappa shape index (κ1) is 16.3. The Labute approximate surface area is 138 Å². The van der Waals surface area contributed by atoms with Crippen molar-refractivity contribution in [3.05, 3.63) is 48.5 Å². The van der Waals surface area contributed by atoms with Gasteiger partial charge in [-0.2, -0.15) is 0 Å². The van der Waals surface area contributed by atoms with E-state index in [1.54, 1.807) is 42.5 Å². The number of benzene rings is 2. The highest BCUT2D eigenvalue weighted by Crippen LogP contribution is 2.32. The van der Waals surface area contributed by atoms with Crippen molar-refractivity contribution in [2.24, 2.45) is 0 Å². The molecular weight excluding hydrogens is 318 g/mol. The van der Waals surface area contributed by atoms with Crippen molar-refractivity contribution >= 4 is 40.5 Å². The number of rotatable bonds is 4. The summed E-state index contributed by atoms with van der Waals surface area (Å²) in [5.74, 6) is 0. The molecule has 2 nitrogen and oxygen atoms in total. The molecule has 0 aliphatic rings. The minimum absolute atomic E-state index is 0.0431. The van der Waals surface area contributed by atoms with Gasteiger partial charge in [0.1, 0.15) is 0 Å². The smallest absolute Gasteiger partial charge is 0.285 e. The van der Waals surface area contributed by atoms with Gasteiger partial charge >= 0.3 is 0 Å². The lowest BCUT2D eigenvalue weighted by molar-refractivity contribution is 0.241. The van der Waals surface area contributed by atoms with Gasteiger partial charge in [-0.25, -0.2) is 0 Å². The summed E-state index contributed by atoms with van der Waals surface area (Å²) in [6.07, 6.45) is 2.08. The van der Waals surface area contributed by atoms with Gasteiger partial charge in [-0.15, -0.1) is 11.8 Å². The zero-order valence-corrected chi connectivity index (χ0v) is 14.6. The van der Waals surface area contributed by atoms with Crippen LogP contribution in [-0.4, -0.2) is 30.5 Å².